The first-order chi connectivity index (χ1) is 15.2. The largest absolute Gasteiger partial charge is 0.341 e. The maximum absolute atomic E-state index is 13.0. The molecule has 9 heteroatoms. The van der Waals surface area contributed by atoms with Crippen LogP contribution in [0.3, 0.4) is 0 Å². The molecule has 1 N–H and O–H groups in total. The average Bonchev–Trinajstić information content (AvgIpc) is 3.23. The van der Waals surface area contributed by atoms with E-state index in [0.717, 1.165) is 68.3 Å². The number of hydrogen-bond acceptors (Lipinski definition) is 7. The summed E-state index contributed by atoms with van der Waals surface area (Å²) in [5.74, 6) is 0.884. The minimum atomic E-state index is -0.318. The Morgan fingerprint density at radius 2 is 1.97 bits per heavy atom. The van der Waals surface area contributed by atoms with E-state index in [4.69, 9.17) is 0 Å². The smallest absolute Gasteiger partial charge is 0.238 e. The van der Waals surface area contributed by atoms with Crippen molar-refractivity contribution in [2.24, 2.45) is 0 Å². The van der Waals surface area contributed by atoms with E-state index in [1.54, 1.807) is 11.3 Å². The van der Waals surface area contributed by atoms with Crippen molar-refractivity contribution in [1.29, 1.82) is 5.26 Å². The van der Waals surface area contributed by atoms with Crippen molar-refractivity contribution in [3.63, 3.8) is 0 Å². The number of aryl methyl sites for hydroxylation is 1. The Hall–Kier alpha value is -2.05. The molecule has 0 aromatic carbocycles. The minimum absolute atomic E-state index is 0.0778. The number of nitrogens with one attached hydrogen (secondary N) is 1. The summed E-state index contributed by atoms with van der Waals surface area (Å²) in [6, 6.07) is 2.81. The van der Waals surface area contributed by atoms with Crippen molar-refractivity contribution in [3.05, 3.63) is 16.0 Å². The van der Waals surface area contributed by atoms with Gasteiger partial charge in [-0.1, -0.05) is 18.2 Å². The molecule has 1 saturated carbocycles. The second-order valence-corrected chi connectivity index (χ2v) is 11.1. The number of nitrogens with zero attached hydrogens (tertiary/aromatic N) is 5. The fourth-order valence-corrected chi connectivity index (χ4v) is 6.67. The molecule has 2 aromatic heterocycles. The number of nitriles is 1. The second kappa shape index (κ2) is 8.83. The fourth-order valence-electron chi connectivity index (χ4n) is 4.51. The number of fused-ring (bicyclic) bond motifs is 1. The molecule has 1 aliphatic heterocycles. The maximum Gasteiger partial charge on any atom is 0.238 e. The van der Waals surface area contributed by atoms with Crippen LogP contribution in [0, 0.1) is 11.3 Å². The van der Waals surface area contributed by atoms with Crippen LogP contribution < -0.4 is 10.2 Å². The van der Waals surface area contributed by atoms with Crippen LogP contribution in [0.1, 0.15) is 73.9 Å². The van der Waals surface area contributed by atoms with Gasteiger partial charge in [0, 0.05) is 24.0 Å². The van der Waals surface area contributed by atoms with Gasteiger partial charge in [-0.3, -0.25) is 9.36 Å². The highest BCUT2D eigenvalue weighted by Crippen LogP contribution is 2.42. The van der Waals surface area contributed by atoms with E-state index in [0.29, 0.717) is 16.6 Å². The Morgan fingerprint density at radius 1 is 1.19 bits per heavy atom. The Bertz CT molecular complexity index is 1010. The first kappa shape index (κ1) is 20.8. The van der Waals surface area contributed by atoms with Gasteiger partial charge in [-0.15, -0.1) is 21.5 Å². The molecule has 3 heterocycles. The lowest BCUT2D eigenvalue weighted by Crippen LogP contribution is -2.24. The predicted molar refractivity (Wildman–Crippen MR) is 124 cm³/mol. The summed E-state index contributed by atoms with van der Waals surface area (Å²) in [6.45, 7) is 3.98. The average molecular weight is 457 g/mol. The van der Waals surface area contributed by atoms with E-state index in [9.17, 15) is 10.1 Å². The molecule has 0 bridgehead atoms. The number of aromatic nitrogens is 3. The van der Waals surface area contributed by atoms with Crippen LogP contribution in [0.15, 0.2) is 5.16 Å². The molecule has 31 heavy (non-hydrogen) atoms. The van der Waals surface area contributed by atoms with Crippen LogP contribution in [-0.4, -0.2) is 39.0 Å². The van der Waals surface area contributed by atoms with Gasteiger partial charge >= 0.3 is 0 Å². The molecule has 2 aromatic rings. The summed E-state index contributed by atoms with van der Waals surface area (Å²) in [5, 5.41) is 22.9. The Balaban J connectivity index is 1.31. The Morgan fingerprint density at radius 3 is 2.71 bits per heavy atom. The lowest BCUT2D eigenvalue weighted by Gasteiger charge is -2.18. The molecule has 164 valence electrons. The van der Waals surface area contributed by atoms with E-state index in [1.807, 2.05) is 6.92 Å². The zero-order valence-corrected chi connectivity index (χ0v) is 19.5. The minimum Gasteiger partial charge on any atom is -0.341 e. The van der Waals surface area contributed by atoms with E-state index < -0.39 is 0 Å². The molecule has 1 saturated heterocycles. The highest BCUT2D eigenvalue weighted by atomic mass is 32.2. The molecule has 3 aliphatic rings. The quantitative estimate of drug-likeness (QED) is 0.507. The summed E-state index contributed by atoms with van der Waals surface area (Å²) in [5.41, 5.74) is 1.83. The molecule has 0 spiro atoms. The van der Waals surface area contributed by atoms with Crippen molar-refractivity contribution < 1.29 is 4.79 Å². The number of carbonyl (C=O) groups excluding carboxylic acids is 1. The third-order valence-corrected chi connectivity index (χ3v) is 8.63. The number of carbonyl (C=O) groups is 1. The van der Waals surface area contributed by atoms with Gasteiger partial charge in [0.05, 0.1) is 10.8 Å². The van der Waals surface area contributed by atoms with Crippen LogP contribution in [-0.2, 0) is 17.6 Å². The number of anilines is 2. The number of amides is 1. The predicted octanol–water partition coefficient (Wildman–Crippen LogP) is 4.53. The van der Waals surface area contributed by atoms with Crippen molar-refractivity contribution >= 4 is 40.0 Å². The van der Waals surface area contributed by atoms with Gasteiger partial charge < -0.3 is 10.2 Å². The number of thiophene rings is 1. The number of rotatable bonds is 6. The van der Waals surface area contributed by atoms with Crippen molar-refractivity contribution in [3.8, 4) is 6.07 Å². The normalized spacial score (nSPS) is 19.5. The van der Waals surface area contributed by atoms with Crippen LogP contribution in [0.2, 0.25) is 0 Å². The molecule has 1 atom stereocenters. The summed E-state index contributed by atoms with van der Waals surface area (Å²) < 4.78 is 2.24. The van der Waals surface area contributed by atoms with Gasteiger partial charge in [-0.2, -0.15) is 5.26 Å². The van der Waals surface area contributed by atoms with Gasteiger partial charge in [-0.05, 0) is 63.9 Å². The van der Waals surface area contributed by atoms with Gasteiger partial charge in [0.25, 0.3) is 0 Å². The van der Waals surface area contributed by atoms with E-state index in [-0.39, 0.29) is 11.2 Å². The standard InChI is InChI=1S/C22H28N6OS2/c1-14(19(29)24-20-17(13-23)16-7-3-2-4-8-18(16)31-20)30-22-26-25-21(27-11-5-6-12-27)28(22)15-9-10-15/h14-15H,2-12H2,1H3,(H,24,29). The molecule has 2 aliphatic carbocycles. The summed E-state index contributed by atoms with van der Waals surface area (Å²) in [4.78, 5) is 16.6. The van der Waals surface area contributed by atoms with Crippen LogP contribution in [0.4, 0.5) is 10.9 Å². The Labute approximate surface area is 191 Å². The van der Waals surface area contributed by atoms with Crippen molar-refractivity contribution in [1.82, 2.24) is 14.8 Å². The molecule has 5 rings (SSSR count). The number of thioether (sulfide) groups is 1. The third-order valence-electron chi connectivity index (χ3n) is 6.37. The molecule has 1 unspecified atom stereocenters. The zero-order valence-electron chi connectivity index (χ0n) is 17.9. The van der Waals surface area contributed by atoms with Crippen LogP contribution in [0.5, 0.6) is 0 Å². The molecular formula is C22H28N6OS2. The van der Waals surface area contributed by atoms with Gasteiger partial charge in [0.15, 0.2) is 5.16 Å². The molecule has 7 nitrogen and oxygen atoms in total. The molecule has 1 amide bonds. The highest BCUT2D eigenvalue weighted by molar-refractivity contribution is 8.00. The van der Waals surface area contributed by atoms with Gasteiger partial charge in [-0.25, -0.2) is 0 Å². The molecule has 2 fully saturated rings. The van der Waals surface area contributed by atoms with Crippen LogP contribution >= 0.6 is 23.1 Å². The monoisotopic (exact) mass is 456 g/mol. The first-order valence-electron chi connectivity index (χ1n) is 11.4. The maximum atomic E-state index is 13.0. The van der Waals surface area contributed by atoms with Crippen LogP contribution in [0.25, 0.3) is 0 Å². The fraction of sp³-hybridized carbons (Fsp3) is 0.636. The zero-order chi connectivity index (χ0) is 21.4. The topological polar surface area (TPSA) is 86.8 Å². The Kier molecular flexibility index (Phi) is 5.93. The second-order valence-electron chi connectivity index (χ2n) is 8.71. The number of hydrogen-bond donors (Lipinski definition) is 1. The lowest BCUT2D eigenvalue weighted by atomic mass is 10.1. The lowest BCUT2D eigenvalue weighted by molar-refractivity contribution is -0.115. The van der Waals surface area contributed by atoms with E-state index >= 15 is 0 Å². The highest BCUT2D eigenvalue weighted by Gasteiger charge is 2.33. The summed E-state index contributed by atoms with van der Waals surface area (Å²) in [7, 11) is 0. The SMILES string of the molecule is CC(Sc1nnc(N2CCCC2)n1C1CC1)C(=O)Nc1sc2c(c1C#N)CCCCC2. The summed E-state index contributed by atoms with van der Waals surface area (Å²) in [6.07, 6.45) is 10.1. The van der Waals surface area contributed by atoms with Gasteiger partial charge in [0.2, 0.25) is 11.9 Å². The van der Waals surface area contributed by atoms with E-state index in [1.165, 1.54) is 35.9 Å². The molecule has 0 radical (unpaired) electrons. The van der Waals surface area contributed by atoms with E-state index in [2.05, 4.69) is 31.1 Å². The van der Waals surface area contributed by atoms with Crippen molar-refractivity contribution in [2.75, 3.05) is 23.3 Å². The molecular weight excluding hydrogens is 428 g/mol. The first-order valence-corrected chi connectivity index (χ1v) is 13.1. The summed E-state index contributed by atoms with van der Waals surface area (Å²) >= 11 is 3.06. The van der Waals surface area contributed by atoms with Crippen molar-refractivity contribution in [2.45, 2.75) is 81.2 Å². The van der Waals surface area contributed by atoms with Gasteiger partial charge in [0.1, 0.15) is 11.1 Å². The third kappa shape index (κ3) is 4.20.